The van der Waals surface area contributed by atoms with Crippen LogP contribution >= 0.6 is 11.3 Å². The first-order chi connectivity index (χ1) is 22.3. The average Bonchev–Trinajstić information content (AvgIpc) is 3.69. The fraction of sp³-hybridized carbons (Fsp3) is 0. The summed E-state index contributed by atoms with van der Waals surface area (Å²) in [5, 5.41) is 8.81. The molecule has 45 heavy (non-hydrogen) atoms. The normalized spacial score (nSPS) is 12.0. The van der Waals surface area contributed by atoms with Crippen molar-refractivity contribution in [1.29, 1.82) is 0 Å². The first-order valence-electron chi connectivity index (χ1n) is 15.4. The SMILES string of the molecule is c1ccc(-c2nc3ccc4ccc5ccc(-c6ccc(-c7ccc8c9c(cccc79)-c7ccccc7-8)cc6)cc5c4c3s2)cc1. The third kappa shape index (κ3) is 3.70. The van der Waals surface area contributed by atoms with E-state index in [-0.39, 0.29) is 0 Å². The molecule has 10 rings (SSSR count). The average molecular weight is 588 g/mol. The molecular weight excluding hydrogens is 563 g/mol. The van der Waals surface area contributed by atoms with E-state index >= 15 is 0 Å². The lowest BCUT2D eigenvalue weighted by molar-refractivity contribution is 1.48. The summed E-state index contributed by atoms with van der Waals surface area (Å²) in [6.07, 6.45) is 0. The Hall–Kier alpha value is -5.57. The summed E-state index contributed by atoms with van der Waals surface area (Å²) in [6.45, 7) is 0. The largest absolute Gasteiger partial charge is 0.236 e. The highest BCUT2D eigenvalue weighted by Crippen LogP contribution is 2.49. The molecule has 0 N–H and O–H groups in total. The third-order valence-corrected chi connectivity index (χ3v) is 10.6. The minimum absolute atomic E-state index is 1.06. The number of benzene rings is 8. The third-order valence-electron chi connectivity index (χ3n) is 9.45. The maximum Gasteiger partial charge on any atom is 0.124 e. The van der Waals surface area contributed by atoms with E-state index in [1.54, 1.807) is 11.3 Å². The van der Waals surface area contributed by atoms with Crippen molar-refractivity contribution in [2.24, 2.45) is 0 Å². The molecule has 0 bridgehead atoms. The molecule has 0 aliphatic heterocycles. The van der Waals surface area contributed by atoms with E-state index < -0.39 is 0 Å². The smallest absolute Gasteiger partial charge is 0.124 e. The molecule has 1 aliphatic carbocycles. The van der Waals surface area contributed by atoms with Crippen LogP contribution in [-0.2, 0) is 0 Å². The lowest BCUT2D eigenvalue weighted by atomic mass is 9.92. The van der Waals surface area contributed by atoms with Gasteiger partial charge in [-0.3, -0.25) is 0 Å². The van der Waals surface area contributed by atoms with Crippen LogP contribution in [0.4, 0.5) is 0 Å². The summed E-state index contributed by atoms with van der Waals surface area (Å²) >= 11 is 1.79. The van der Waals surface area contributed by atoms with Crippen LogP contribution < -0.4 is 0 Å². The van der Waals surface area contributed by atoms with Crippen molar-refractivity contribution in [2.75, 3.05) is 0 Å². The number of aromatic nitrogens is 1. The van der Waals surface area contributed by atoms with Gasteiger partial charge in [0.2, 0.25) is 0 Å². The van der Waals surface area contributed by atoms with Crippen molar-refractivity contribution in [3.8, 4) is 55.1 Å². The molecule has 0 saturated carbocycles. The molecule has 1 heterocycles. The van der Waals surface area contributed by atoms with Crippen molar-refractivity contribution in [3.63, 3.8) is 0 Å². The molecule has 0 radical (unpaired) electrons. The number of thiazole rings is 1. The molecule has 1 aliphatic rings. The molecule has 1 aromatic heterocycles. The Kier molecular flexibility index (Phi) is 5.22. The van der Waals surface area contributed by atoms with E-state index in [1.807, 2.05) is 0 Å². The summed E-state index contributed by atoms with van der Waals surface area (Å²) in [4.78, 5) is 5.03. The van der Waals surface area contributed by atoms with Gasteiger partial charge in [-0.15, -0.1) is 11.3 Å². The summed E-state index contributed by atoms with van der Waals surface area (Å²) in [5.74, 6) is 0. The molecule has 0 saturated heterocycles. The van der Waals surface area contributed by atoms with Crippen LogP contribution in [0.3, 0.4) is 0 Å². The lowest BCUT2D eigenvalue weighted by Crippen LogP contribution is -1.85. The maximum atomic E-state index is 5.03. The van der Waals surface area contributed by atoms with Crippen LogP contribution in [0.2, 0.25) is 0 Å². The highest BCUT2D eigenvalue weighted by atomic mass is 32.1. The molecule has 208 valence electrons. The fourth-order valence-corrected chi connectivity index (χ4v) is 8.45. The zero-order valence-corrected chi connectivity index (χ0v) is 25.1. The van der Waals surface area contributed by atoms with Crippen molar-refractivity contribution in [3.05, 3.63) is 152 Å². The van der Waals surface area contributed by atoms with Crippen molar-refractivity contribution < 1.29 is 0 Å². The summed E-state index contributed by atoms with van der Waals surface area (Å²) < 4.78 is 1.25. The first-order valence-corrected chi connectivity index (χ1v) is 16.2. The van der Waals surface area contributed by atoms with Gasteiger partial charge in [0.05, 0.1) is 10.2 Å². The number of hydrogen-bond acceptors (Lipinski definition) is 2. The Morgan fingerprint density at radius 3 is 1.87 bits per heavy atom. The van der Waals surface area contributed by atoms with E-state index in [0.29, 0.717) is 0 Å². The number of nitrogens with zero attached hydrogens (tertiary/aromatic N) is 1. The fourth-order valence-electron chi connectivity index (χ4n) is 7.31. The predicted octanol–water partition coefficient (Wildman–Crippen LogP) is 12.4. The minimum atomic E-state index is 1.06. The number of rotatable bonds is 3. The lowest BCUT2D eigenvalue weighted by Gasteiger charge is -2.11. The van der Waals surface area contributed by atoms with Crippen LogP contribution in [0.25, 0.3) is 97.6 Å². The molecule has 0 unspecified atom stereocenters. The monoisotopic (exact) mass is 587 g/mol. The molecule has 9 aromatic rings. The number of fused-ring (bicyclic) bond motifs is 8. The second-order valence-electron chi connectivity index (χ2n) is 11.9. The van der Waals surface area contributed by atoms with Crippen LogP contribution in [0, 0.1) is 0 Å². The molecule has 0 amide bonds. The van der Waals surface area contributed by atoms with E-state index in [4.69, 9.17) is 4.98 Å². The maximum absolute atomic E-state index is 5.03. The molecule has 0 fully saturated rings. The van der Waals surface area contributed by atoms with E-state index in [9.17, 15) is 0 Å². The van der Waals surface area contributed by atoms with Gasteiger partial charge in [0.1, 0.15) is 5.01 Å². The van der Waals surface area contributed by atoms with Crippen molar-refractivity contribution in [2.45, 2.75) is 0 Å². The quantitative estimate of drug-likeness (QED) is 0.187. The summed E-state index contributed by atoms with van der Waals surface area (Å²) in [6, 6.07) is 55.4. The van der Waals surface area contributed by atoms with Gasteiger partial charge >= 0.3 is 0 Å². The van der Waals surface area contributed by atoms with E-state index in [0.717, 1.165) is 16.1 Å². The van der Waals surface area contributed by atoms with Gasteiger partial charge in [-0.05, 0) is 83.6 Å². The molecule has 0 spiro atoms. The topological polar surface area (TPSA) is 12.9 Å². The Bertz CT molecular complexity index is 2600. The summed E-state index contributed by atoms with van der Waals surface area (Å²) in [5.41, 5.74) is 12.5. The van der Waals surface area contributed by atoms with Crippen LogP contribution in [-0.4, -0.2) is 4.98 Å². The molecule has 8 aromatic carbocycles. The standard InChI is InChI=1S/C43H25NS/c1-2-7-30(8-3-1)43-44-39-24-21-29-19-17-28-18-20-31(25-38(28)40(29)42(39)45-43)26-13-15-27(16-14-26)32-22-23-37-34-10-5-4-9-33(34)36-12-6-11-35(32)41(36)37/h1-25H. The Balaban J connectivity index is 1.09. The van der Waals surface area contributed by atoms with Gasteiger partial charge < -0.3 is 0 Å². The van der Waals surface area contributed by atoms with Gasteiger partial charge in [0.25, 0.3) is 0 Å². The molecule has 1 nitrogen and oxygen atoms in total. The van der Waals surface area contributed by atoms with Gasteiger partial charge in [-0.1, -0.05) is 140 Å². The Morgan fingerprint density at radius 2 is 1.02 bits per heavy atom. The predicted molar refractivity (Wildman–Crippen MR) is 193 cm³/mol. The van der Waals surface area contributed by atoms with E-state index in [2.05, 4.69) is 152 Å². The van der Waals surface area contributed by atoms with Gasteiger partial charge in [0, 0.05) is 10.9 Å². The van der Waals surface area contributed by atoms with Crippen molar-refractivity contribution >= 4 is 53.9 Å². The zero-order chi connectivity index (χ0) is 29.5. The van der Waals surface area contributed by atoms with Crippen molar-refractivity contribution in [1.82, 2.24) is 4.98 Å². The minimum Gasteiger partial charge on any atom is -0.236 e. The highest BCUT2D eigenvalue weighted by molar-refractivity contribution is 7.22. The van der Waals surface area contributed by atoms with Crippen LogP contribution in [0.5, 0.6) is 0 Å². The van der Waals surface area contributed by atoms with E-state index in [1.165, 1.54) is 81.5 Å². The first kappa shape index (κ1) is 24.8. The molecule has 0 atom stereocenters. The zero-order valence-electron chi connectivity index (χ0n) is 24.3. The summed E-state index contributed by atoms with van der Waals surface area (Å²) in [7, 11) is 0. The van der Waals surface area contributed by atoms with Crippen LogP contribution in [0.1, 0.15) is 0 Å². The van der Waals surface area contributed by atoms with Gasteiger partial charge in [-0.25, -0.2) is 4.98 Å². The second-order valence-corrected chi connectivity index (χ2v) is 12.9. The van der Waals surface area contributed by atoms with Gasteiger partial charge in [-0.2, -0.15) is 0 Å². The molecular formula is C43H25NS. The molecule has 2 heteroatoms. The van der Waals surface area contributed by atoms with Gasteiger partial charge in [0.15, 0.2) is 0 Å². The Morgan fingerprint density at radius 1 is 0.378 bits per heavy atom. The highest BCUT2D eigenvalue weighted by Gasteiger charge is 2.22. The second kappa shape index (κ2) is 9.46. The van der Waals surface area contributed by atoms with Crippen LogP contribution in [0.15, 0.2) is 152 Å². The Labute approximate surface area is 264 Å². The number of hydrogen-bond donors (Lipinski definition) is 0.